The van der Waals surface area contributed by atoms with Crippen LogP contribution in [0, 0.1) is 0 Å². The minimum absolute atomic E-state index is 0.0376. The van der Waals surface area contributed by atoms with Crippen LogP contribution in [0.2, 0.25) is 0 Å². The van der Waals surface area contributed by atoms with Gasteiger partial charge >= 0.3 is 12.1 Å². The van der Waals surface area contributed by atoms with Crippen molar-refractivity contribution in [1.82, 2.24) is 10.6 Å². The average molecular weight is 469 g/mol. The zero-order valence-electron chi connectivity index (χ0n) is 18.8. The summed E-state index contributed by atoms with van der Waals surface area (Å²) in [6.07, 6.45) is -1.64. The molecule has 1 heterocycles. The highest BCUT2D eigenvalue weighted by atomic mass is 16.5. The highest BCUT2D eigenvalue weighted by Gasteiger charge is 2.40. The van der Waals surface area contributed by atoms with Gasteiger partial charge in [0.25, 0.3) is 0 Å². The van der Waals surface area contributed by atoms with Crippen LogP contribution in [0.1, 0.15) is 36.8 Å². The first-order valence-corrected chi connectivity index (χ1v) is 11.2. The highest BCUT2D eigenvalue weighted by Crippen LogP contribution is 2.44. The molecule has 34 heavy (non-hydrogen) atoms. The van der Waals surface area contributed by atoms with E-state index in [2.05, 4.69) is 10.6 Å². The van der Waals surface area contributed by atoms with Crippen LogP contribution in [0.3, 0.4) is 0 Å². The maximum Gasteiger partial charge on any atom is 0.407 e. The SMILES string of the molecule is CC1OCCC1(O)CNC(=O)C(CC(=O)O)NC(=O)OCC1c2ccccc2-c2ccccc21. The minimum Gasteiger partial charge on any atom is -0.481 e. The molecule has 0 aromatic heterocycles. The molecule has 4 N–H and O–H groups in total. The molecule has 0 bridgehead atoms. The van der Waals surface area contributed by atoms with Gasteiger partial charge < -0.3 is 30.3 Å². The lowest BCUT2D eigenvalue weighted by Gasteiger charge is -2.27. The van der Waals surface area contributed by atoms with Crippen molar-refractivity contribution >= 4 is 18.0 Å². The Morgan fingerprint density at radius 2 is 1.74 bits per heavy atom. The molecule has 1 saturated heterocycles. The van der Waals surface area contributed by atoms with E-state index < -0.39 is 42.1 Å². The predicted molar refractivity (Wildman–Crippen MR) is 122 cm³/mol. The van der Waals surface area contributed by atoms with Crippen LogP contribution in [0.4, 0.5) is 4.79 Å². The van der Waals surface area contributed by atoms with E-state index in [-0.39, 0.29) is 19.1 Å². The van der Waals surface area contributed by atoms with Gasteiger partial charge in [-0.15, -0.1) is 0 Å². The van der Waals surface area contributed by atoms with Gasteiger partial charge in [0.2, 0.25) is 5.91 Å². The van der Waals surface area contributed by atoms with Crippen molar-refractivity contribution in [3.05, 3.63) is 59.7 Å². The number of carbonyl (C=O) groups is 3. The Kier molecular flexibility index (Phi) is 6.85. The van der Waals surface area contributed by atoms with Crippen LogP contribution in [-0.4, -0.2) is 65.7 Å². The Labute approximate surface area is 197 Å². The molecule has 1 aliphatic carbocycles. The molecule has 1 fully saturated rings. The van der Waals surface area contributed by atoms with Crippen LogP contribution >= 0.6 is 0 Å². The fourth-order valence-electron chi connectivity index (χ4n) is 4.53. The van der Waals surface area contributed by atoms with Gasteiger partial charge in [0.1, 0.15) is 18.2 Å². The van der Waals surface area contributed by atoms with E-state index >= 15 is 0 Å². The molecule has 9 nitrogen and oxygen atoms in total. The summed E-state index contributed by atoms with van der Waals surface area (Å²) in [5, 5.41) is 24.6. The van der Waals surface area contributed by atoms with Gasteiger partial charge in [-0.05, 0) is 29.2 Å². The number of aliphatic hydroxyl groups is 1. The topological polar surface area (TPSA) is 134 Å². The highest BCUT2D eigenvalue weighted by molar-refractivity contribution is 5.89. The predicted octanol–water partition coefficient (Wildman–Crippen LogP) is 2.02. The summed E-state index contributed by atoms with van der Waals surface area (Å²) < 4.78 is 10.8. The van der Waals surface area contributed by atoms with E-state index in [0.29, 0.717) is 13.0 Å². The Morgan fingerprint density at radius 1 is 1.12 bits per heavy atom. The van der Waals surface area contributed by atoms with Gasteiger partial charge in [0.15, 0.2) is 0 Å². The van der Waals surface area contributed by atoms with E-state index in [1.165, 1.54) is 0 Å². The number of carboxylic acids is 1. The molecule has 0 spiro atoms. The molecule has 0 radical (unpaired) electrons. The van der Waals surface area contributed by atoms with Gasteiger partial charge in [-0.2, -0.15) is 0 Å². The molecular weight excluding hydrogens is 440 g/mol. The van der Waals surface area contributed by atoms with E-state index in [9.17, 15) is 24.6 Å². The van der Waals surface area contributed by atoms with Crippen molar-refractivity contribution in [2.24, 2.45) is 0 Å². The Hall–Kier alpha value is -3.43. The number of nitrogens with one attached hydrogen (secondary N) is 2. The first-order chi connectivity index (χ1) is 16.3. The smallest absolute Gasteiger partial charge is 0.407 e. The van der Waals surface area contributed by atoms with Gasteiger partial charge in [-0.25, -0.2) is 4.79 Å². The van der Waals surface area contributed by atoms with Crippen LogP contribution in [0.5, 0.6) is 0 Å². The fourth-order valence-corrected chi connectivity index (χ4v) is 4.53. The van der Waals surface area contributed by atoms with Crippen molar-refractivity contribution in [3.63, 3.8) is 0 Å². The summed E-state index contributed by atoms with van der Waals surface area (Å²) in [4.78, 5) is 36.4. The van der Waals surface area contributed by atoms with Crippen molar-refractivity contribution in [2.45, 2.75) is 43.4 Å². The third kappa shape index (κ3) is 4.90. The molecule has 9 heteroatoms. The van der Waals surface area contributed by atoms with Crippen LogP contribution in [0.25, 0.3) is 11.1 Å². The largest absolute Gasteiger partial charge is 0.481 e. The van der Waals surface area contributed by atoms with Gasteiger partial charge in [-0.1, -0.05) is 48.5 Å². The summed E-state index contributed by atoms with van der Waals surface area (Å²) in [5.41, 5.74) is 3.00. The second-order valence-electron chi connectivity index (χ2n) is 8.70. The molecule has 2 aliphatic rings. The molecule has 0 saturated carbocycles. The Morgan fingerprint density at radius 3 is 2.29 bits per heavy atom. The number of carbonyl (C=O) groups excluding carboxylic acids is 2. The van der Waals surface area contributed by atoms with Gasteiger partial charge in [0.05, 0.1) is 12.5 Å². The lowest BCUT2D eigenvalue weighted by Crippen LogP contribution is -2.53. The quantitative estimate of drug-likeness (QED) is 0.466. The number of fused-ring (bicyclic) bond motifs is 3. The summed E-state index contributed by atoms with van der Waals surface area (Å²) in [6, 6.07) is 14.4. The van der Waals surface area contributed by atoms with Crippen molar-refractivity contribution in [3.8, 4) is 11.1 Å². The monoisotopic (exact) mass is 468 g/mol. The summed E-state index contributed by atoms with van der Waals surface area (Å²) in [7, 11) is 0. The van der Waals surface area contributed by atoms with E-state index in [1.807, 2.05) is 48.5 Å². The number of carboxylic acid groups (broad SMARTS) is 1. The maximum atomic E-state index is 12.6. The molecule has 3 unspecified atom stereocenters. The Balaban J connectivity index is 1.38. The summed E-state index contributed by atoms with van der Waals surface area (Å²) in [5.74, 6) is -2.14. The lowest BCUT2D eigenvalue weighted by atomic mass is 9.96. The van der Waals surface area contributed by atoms with Gasteiger partial charge in [-0.3, -0.25) is 9.59 Å². The molecule has 2 aromatic carbocycles. The number of ether oxygens (including phenoxy) is 2. The fraction of sp³-hybridized carbons (Fsp3) is 0.400. The number of benzene rings is 2. The molecule has 1 aliphatic heterocycles. The minimum atomic E-state index is -1.35. The normalized spacial score (nSPS) is 21.9. The average Bonchev–Trinajstić information content (AvgIpc) is 3.32. The first-order valence-electron chi connectivity index (χ1n) is 11.2. The molecular formula is C25H28N2O7. The van der Waals surface area contributed by atoms with Crippen LogP contribution in [0.15, 0.2) is 48.5 Å². The number of aliphatic carboxylic acids is 1. The molecule has 2 amide bonds. The third-order valence-corrected chi connectivity index (χ3v) is 6.56. The standard InChI is InChI=1S/C25H28N2O7/c1-15-25(32,10-11-33-15)14-26-23(30)21(12-22(28)29)27-24(31)34-13-20-18-8-4-2-6-16(18)17-7-3-5-9-19(17)20/h2-9,15,20-21,32H,10-14H2,1H3,(H,26,30)(H,27,31)(H,28,29). The van der Waals surface area contributed by atoms with E-state index in [4.69, 9.17) is 9.47 Å². The van der Waals surface area contributed by atoms with Crippen molar-refractivity contribution < 1.29 is 34.1 Å². The van der Waals surface area contributed by atoms with Gasteiger partial charge in [0, 0.05) is 25.5 Å². The molecule has 180 valence electrons. The number of hydrogen-bond acceptors (Lipinski definition) is 6. The second-order valence-corrected chi connectivity index (χ2v) is 8.70. The second kappa shape index (κ2) is 9.82. The molecule has 4 rings (SSSR count). The van der Waals surface area contributed by atoms with Crippen LogP contribution in [-0.2, 0) is 19.1 Å². The van der Waals surface area contributed by atoms with Crippen molar-refractivity contribution in [2.75, 3.05) is 19.8 Å². The van der Waals surface area contributed by atoms with E-state index in [0.717, 1.165) is 22.3 Å². The molecule has 2 aromatic rings. The van der Waals surface area contributed by atoms with E-state index in [1.54, 1.807) is 6.92 Å². The van der Waals surface area contributed by atoms with Crippen LogP contribution < -0.4 is 10.6 Å². The maximum absolute atomic E-state index is 12.6. The number of hydrogen-bond donors (Lipinski definition) is 4. The Bertz CT molecular complexity index is 1040. The number of alkyl carbamates (subject to hydrolysis) is 1. The number of rotatable bonds is 8. The first kappa shape index (κ1) is 23.7. The molecule has 3 atom stereocenters. The zero-order chi connectivity index (χ0) is 24.3. The third-order valence-electron chi connectivity index (χ3n) is 6.56. The van der Waals surface area contributed by atoms with Crippen molar-refractivity contribution in [1.29, 1.82) is 0 Å². The number of amides is 2. The zero-order valence-corrected chi connectivity index (χ0v) is 18.8. The lowest BCUT2D eigenvalue weighted by molar-refractivity contribution is -0.140. The summed E-state index contributed by atoms with van der Waals surface area (Å²) in [6.45, 7) is 1.98. The summed E-state index contributed by atoms with van der Waals surface area (Å²) >= 11 is 0.